The summed E-state index contributed by atoms with van der Waals surface area (Å²) in [6.07, 6.45) is 1.51. The number of hydrogen-bond donors (Lipinski definition) is 0. The number of aromatic nitrogens is 2. The molecule has 8 nitrogen and oxygen atoms in total. The predicted octanol–water partition coefficient (Wildman–Crippen LogP) is 3.32. The monoisotopic (exact) mass is 429 g/mol. The molecule has 0 spiro atoms. The second kappa shape index (κ2) is 8.45. The first kappa shape index (κ1) is 20.4. The van der Waals surface area contributed by atoms with E-state index >= 15 is 0 Å². The highest BCUT2D eigenvalue weighted by atomic mass is 32.2. The van der Waals surface area contributed by atoms with Crippen LogP contribution in [0, 0.1) is 0 Å². The molecule has 1 fully saturated rings. The molecule has 2 heterocycles. The van der Waals surface area contributed by atoms with Gasteiger partial charge in [0.25, 0.3) is 0 Å². The van der Waals surface area contributed by atoms with E-state index in [9.17, 15) is 8.42 Å². The molecule has 1 saturated heterocycles. The average Bonchev–Trinajstić information content (AvgIpc) is 3.29. The molecule has 1 aliphatic heterocycles. The minimum absolute atomic E-state index is 0.154. The summed E-state index contributed by atoms with van der Waals surface area (Å²) in [4.78, 5) is 4.82. The van der Waals surface area contributed by atoms with Crippen LogP contribution < -0.4 is 9.47 Å². The molecule has 9 heteroatoms. The van der Waals surface area contributed by atoms with Crippen LogP contribution in [0.1, 0.15) is 24.7 Å². The van der Waals surface area contributed by atoms with Gasteiger partial charge in [0.2, 0.25) is 21.7 Å². The summed E-state index contributed by atoms with van der Waals surface area (Å²) < 4.78 is 43.5. The molecule has 2 aromatic carbocycles. The number of methoxy groups -OCH3 is 2. The fraction of sp³-hybridized carbons (Fsp3) is 0.333. The van der Waals surface area contributed by atoms with Crippen molar-refractivity contribution >= 4 is 10.0 Å². The summed E-state index contributed by atoms with van der Waals surface area (Å²) in [6, 6.07) is 13.8. The average molecular weight is 429 g/mol. The van der Waals surface area contributed by atoms with Crippen LogP contribution in [0.4, 0.5) is 0 Å². The van der Waals surface area contributed by atoms with Crippen molar-refractivity contribution in [2.24, 2.45) is 0 Å². The third-order valence-corrected chi connectivity index (χ3v) is 7.08. The van der Waals surface area contributed by atoms with Crippen molar-refractivity contribution in [1.82, 2.24) is 14.4 Å². The number of benzene rings is 2. The maximum Gasteiger partial charge on any atom is 0.243 e. The smallest absolute Gasteiger partial charge is 0.243 e. The van der Waals surface area contributed by atoms with Gasteiger partial charge in [-0.05, 0) is 43.2 Å². The molecule has 0 unspecified atom stereocenters. The summed E-state index contributed by atoms with van der Waals surface area (Å²) >= 11 is 0. The second-order valence-electron chi connectivity index (χ2n) is 7.04. The lowest BCUT2D eigenvalue weighted by atomic mass is 10.00. The third kappa shape index (κ3) is 3.90. The van der Waals surface area contributed by atoms with Crippen LogP contribution >= 0.6 is 0 Å². The molecule has 1 atom stereocenters. The van der Waals surface area contributed by atoms with E-state index in [1.165, 1.54) is 4.31 Å². The molecule has 1 aliphatic rings. The number of sulfonamides is 1. The van der Waals surface area contributed by atoms with Gasteiger partial charge < -0.3 is 14.0 Å². The first-order chi connectivity index (χ1) is 14.5. The molecule has 0 aliphatic carbocycles. The zero-order valence-corrected chi connectivity index (χ0v) is 17.6. The minimum atomic E-state index is -3.55. The van der Waals surface area contributed by atoms with Gasteiger partial charge in [0.15, 0.2) is 11.5 Å². The lowest BCUT2D eigenvalue weighted by Crippen LogP contribution is -2.39. The fourth-order valence-electron chi connectivity index (χ4n) is 3.60. The molecule has 0 N–H and O–H groups in total. The van der Waals surface area contributed by atoms with E-state index in [0.29, 0.717) is 41.2 Å². The van der Waals surface area contributed by atoms with Crippen LogP contribution in [0.5, 0.6) is 11.5 Å². The second-order valence-corrected chi connectivity index (χ2v) is 8.98. The van der Waals surface area contributed by atoms with Crippen molar-refractivity contribution in [2.75, 3.05) is 27.3 Å². The van der Waals surface area contributed by atoms with E-state index in [0.717, 1.165) is 18.4 Å². The Balaban J connectivity index is 1.55. The van der Waals surface area contributed by atoms with E-state index in [-0.39, 0.29) is 5.92 Å². The molecule has 4 rings (SSSR count). The number of ether oxygens (including phenoxy) is 2. The van der Waals surface area contributed by atoms with Gasteiger partial charge >= 0.3 is 0 Å². The minimum Gasteiger partial charge on any atom is -0.493 e. The number of hydrogen-bond acceptors (Lipinski definition) is 7. The maximum atomic E-state index is 13.0. The van der Waals surface area contributed by atoms with Crippen LogP contribution in [0.3, 0.4) is 0 Å². The molecular formula is C21H23N3O5S. The van der Waals surface area contributed by atoms with Crippen molar-refractivity contribution in [3.05, 3.63) is 54.4 Å². The Morgan fingerprint density at radius 1 is 1.07 bits per heavy atom. The molecule has 0 amide bonds. The Bertz CT molecular complexity index is 1110. The summed E-state index contributed by atoms with van der Waals surface area (Å²) in [5, 5.41) is 4.09. The molecule has 0 saturated carbocycles. The third-order valence-electron chi connectivity index (χ3n) is 5.20. The predicted molar refractivity (Wildman–Crippen MR) is 110 cm³/mol. The highest BCUT2D eigenvalue weighted by Crippen LogP contribution is 2.33. The van der Waals surface area contributed by atoms with Crippen LogP contribution in [0.2, 0.25) is 0 Å². The van der Waals surface area contributed by atoms with Gasteiger partial charge in [0.1, 0.15) is 0 Å². The van der Waals surface area contributed by atoms with E-state index in [4.69, 9.17) is 14.0 Å². The molecule has 3 aromatic rings. The number of piperidine rings is 1. The quantitative estimate of drug-likeness (QED) is 0.593. The van der Waals surface area contributed by atoms with Gasteiger partial charge in [0.05, 0.1) is 25.0 Å². The van der Waals surface area contributed by atoms with Crippen LogP contribution in [-0.4, -0.2) is 50.2 Å². The first-order valence-electron chi connectivity index (χ1n) is 9.64. The molecule has 0 bridgehead atoms. The van der Waals surface area contributed by atoms with E-state index < -0.39 is 10.0 Å². The van der Waals surface area contributed by atoms with Crippen molar-refractivity contribution in [3.8, 4) is 22.9 Å². The maximum absolute atomic E-state index is 13.0. The van der Waals surface area contributed by atoms with Crippen LogP contribution in [-0.2, 0) is 10.0 Å². The zero-order chi connectivity index (χ0) is 21.1. The van der Waals surface area contributed by atoms with Gasteiger partial charge in [-0.3, -0.25) is 0 Å². The summed E-state index contributed by atoms with van der Waals surface area (Å²) in [6.45, 7) is 0.787. The highest BCUT2D eigenvalue weighted by Gasteiger charge is 2.33. The fourth-order valence-corrected chi connectivity index (χ4v) is 5.14. The van der Waals surface area contributed by atoms with E-state index in [2.05, 4.69) is 10.1 Å². The first-order valence-corrected chi connectivity index (χ1v) is 11.1. The molecule has 0 radical (unpaired) electrons. The van der Waals surface area contributed by atoms with Crippen molar-refractivity contribution in [1.29, 1.82) is 0 Å². The van der Waals surface area contributed by atoms with Crippen molar-refractivity contribution in [3.63, 3.8) is 0 Å². The van der Waals surface area contributed by atoms with Gasteiger partial charge in [0, 0.05) is 18.7 Å². The van der Waals surface area contributed by atoms with E-state index in [1.807, 2.05) is 6.07 Å². The Kier molecular flexibility index (Phi) is 5.74. The molecule has 30 heavy (non-hydrogen) atoms. The Labute approximate surface area is 175 Å². The van der Waals surface area contributed by atoms with E-state index in [1.54, 1.807) is 56.7 Å². The summed E-state index contributed by atoms with van der Waals surface area (Å²) in [5.41, 5.74) is 0.729. The van der Waals surface area contributed by atoms with Crippen LogP contribution in [0.25, 0.3) is 11.4 Å². The topological polar surface area (TPSA) is 94.8 Å². The molecule has 158 valence electrons. The largest absolute Gasteiger partial charge is 0.493 e. The Morgan fingerprint density at radius 2 is 1.83 bits per heavy atom. The Hall–Kier alpha value is -2.91. The molecular weight excluding hydrogens is 406 g/mol. The van der Waals surface area contributed by atoms with Crippen molar-refractivity contribution < 1.29 is 22.4 Å². The van der Waals surface area contributed by atoms with Gasteiger partial charge in [-0.25, -0.2) is 8.42 Å². The lowest BCUT2D eigenvalue weighted by Gasteiger charge is -2.30. The SMILES string of the molecule is COc1ccc(-c2noc([C@@H]3CCCN(S(=O)(=O)c4ccccc4)C3)n2)cc1OC. The van der Waals surface area contributed by atoms with Crippen molar-refractivity contribution in [2.45, 2.75) is 23.7 Å². The normalized spacial score (nSPS) is 17.6. The summed E-state index contributed by atoms with van der Waals surface area (Å²) in [5.74, 6) is 1.89. The van der Waals surface area contributed by atoms with Crippen LogP contribution in [0.15, 0.2) is 57.9 Å². The zero-order valence-electron chi connectivity index (χ0n) is 16.8. The summed E-state index contributed by atoms with van der Waals surface area (Å²) in [7, 11) is -0.418. The molecule has 1 aromatic heterocycles. The van der Waals surface area contributed by atoms with Gasteiger partial charge in [-0.15, -0.1) is 0 Å². The highest BCUT2D eigenvalue weighted by molar-refractivity contribution is 7.89. The van der Waals surface area contributed by atoms with Gasteiger partial charge in [-0.2, -0.15) is 9.29 Å². The number of nitrogens with zero attached hydrogens (tertiary/aromatic N) is 3. The Morgan fingerprint density at radius 3 is 2.57 bits per heavy atom. The van der Waals surface area contributed by atoms with Gasteiger partial charge in [-0.1, -0.05) is 23.4 Å². The number of rotatable bonds is 6. The lowest BCUT2D eigenvalue weighted by molar-refractivity contribution is 0.265. The standard InChI is InChI=1S/C21H23N3O5S/c1-27-18-11-10-15(13-19(18)28-2)20-22-21(29-23-20)16-7-6-12-24(14-16)30(25,26)17-8-4-3-5-9-17/h3-5,8-11,13,16H,6-7,12,14H2,1-2H3/t16-/m1/s1.